The predicted molar refractivity (Wildman–Crippen MR) is 147 cm³/mol. The average Bonchev–Trinajstić information content (AvgIpc) is 3.01. The molecule has 1 unspecified atom stereocenters. The number of aliphatic imine (C=N–C) groups is 1. The lowest BCUT2D eigenvalue weighted by molar-refractivity contribution is -0.192. The number of anilines is 2. The van der Waals surface area contributed by atoms with E-state index in [0.717, 1.165) is 42.7 Å². The number of hydrogen-bond donors (Lipinski definition) is 4. The lowest BCUT2D eigenvalue weighted by atomic mass is 9.89. The lowest BCUT2D eigenvalue weighted by Gasteiger charge is -2.29. The number of aliphatic carboxylic acids is 1. The topological polar surface area (TPSA) is 123 Å². The summed E-state index contributed by atoms with van der Waals surface area (Å²) >= 11 is 0. The zero-order valence-corrected chi connectivity index (χ0v) is 22.6. The first kappa shape index (κ1) is 30.6. The number of fused-ring (bicyclic) bond motifs is 1. The first-order valence-electron chi connectivity index (χ1n) is 13.0. The van der Waals surface area contributed by atoms with Crippen LogP contribution in [-0.2, 0) is 9.59 Å². The van der Waals surface area contributed by atoms with Crippen molar-refractivity contribution in [2.24, 2.45) is 10.9 Å². The molecule has 0 aliphatic carbocycles. The molecule has 2 aliphatic rings. The van der Waals surface area contributed by atoms with E-state index >= 15 is 0 Å². The minimum atomic E-state index is -5.08. The van der Waals surface area contributed by atoms with Crippen LogP contribution >= 0.6 is 0 Å². The van der Waals surface area contributed by atoms with Crippen LogP contribution < -0.4 is 20.9 Å². The van der Waals surface area contributed by atoms with Crippen molar-refractivity contribution < 1.29 is 32.7 Å². The Hall–Kier alpha value is -3.93. The van der Waals surface area contributed by atoms with Crippen molar-refractivity contribution in [1.82, 2.24) is 10.6 Å². The van der Waals surface area contributed by atoms with Crippen LogP contribution in [0.2, 0.25) is 0 Å². The summed E-state index contributed by atoms with van der Waals surface area (Å²) < 4.78 is 31.7. The van der Waals surface area contributed by atoms with Gasteiger partial charge in [-0.05, 0) is 74.0 Å². The number of carbonyl (C=O) groups is 3. The molecule has 9 nitrogen and oxygen atoms in total. The van der Waals surface area contributed by atoms with Gasteiger partial charge in [-0.15, -0.1) is 0 Å². The van der Waals surface area contributed by atoms with E-state index < -0.39 is 24.3 Å². The smallest absolute Gasteiger partial charge is 0.475 e. The highest BCUT2D eigenvalue weighted by Crippen LogP contribution is 2.32. The number of nitrogens with one attached hydrogen (secondary N) is 3. The van der Waals surface area contributed by atoms with Gasteiger partial charge in [0.05, 0.1) is 5.69 Å². The van der Waals surface area contributed by atoms with Crippen molar-refractivity contribution in [1.29, 1.82) is 0 Å². The lowest BCUT2D eigenvalue weighted by Crippen LogP contribution is -2.49. The fourth-order valence-electron chi connectivity index (χ4n) is 4.46. The summed E-state index contributed by atoms with van der Waals surface area (Å²) in [7, 11) is 0. The third kappa shape index (κ3) is 8.54. The van der Waals surface area contributed by atoms with Gasteiger partial charge in [0.2, 0.25) is 6.17 Å². The van der Waals surface area contributed by atoms with Crippen molar-refractivity contribution >= 4 is 35.5 Å². The second-order valence-electron chi connectivity index (χ2n) is 10.1. The Morgan fingerprint density at radius 2 is 1.82 bits per heavy atom. The highest BCUT2D eigenvalue weighted by Gasteiger charge is 2.38. The fraction of sp³-hybridized carbons (Fsp3) is 0.429. The maximum Gasteiger partial charge on any atom is 0.490 e. The summed E-state index contributed by atoms with van der Waals surface area (Å²) in [5.74, 6) is -2.22. The summed E-state index contributed by atoms with van der Waals surface area (Å²) in [6, 6.07) is 13.4. The van der Waals surface area contributed by atoms with E-state index in [9.17, 15) is 22.8 Å². The maximum atomic E-state index is 13.5. The number of nitrogens with zero attached hydrogens (tertiary/aromatic N) is 2. The Morgan fingerprint density at radius 1 is 1.15 bits per heavy atom. The van der Waals surface area contributed by atoms with Gasteiger partial charge in [-0.2, -0.15) is 13.2 Å². The molecule has 2 aromatic carbocycles. The minimum absolute atomic E-state index is 0.222. The Morgan fingerprint density at radius 3 is 2.42 bits per heavy atom. The molecule has 3 amide bonds. The number of alkyl halides is 3. The van der Waals surface area contributed by atoms with Crippen LogP contribution in [0.3, 0.4) is 0 Å². The molecule has 0 saturated carbocycles. The van der Waals surface area contributed by atoms with Gasteiger partial charge in [-0.25, -0.2) is 9.59 Å². The molecule has 2 heterocycles. The second-order valence-corrected chi connectivity index (χ2v) is 10.1. The van der Waals surface area contributed by atoms with Crippen LogP contribution in [0.4, 0.5) is 29.3 Å². The number of halogens is 3. The van der Waals surface area contributed by atoms with E-state index in [1.165, 1.54) is 5.56 Å². The first-order chi connectivity index (χ1) is 18.8. The van der Waals surface area contributed by atoms with Crippen LogP contribution in [-0.4, -0.2) is 61.2 Å². The predicted octanol–water partition coefficient (Wildman–Crippen LogP) is 4.66. The molecule has 1 atom stereocenters. The monoisotopic (exact) mass is 561 g/mol. The number of piperidine rings is 1. The normalized spacial score (nSPS) is 17.4. The highest BCUT2D eigenvalue weighted by molar-refractivity contribution is 6.06. The molecular weight excluding hydrogens is 527 g/mol. The number of urea groups is 1. The van der Waals surface area contributed by atoms with E-state index in [0.29, 0.717) is 18.2 Å². The first-order valence-corrected chi connectivity index (χ1v) is 13.0. The van der Waals surface area contributed by atoms with Gasteiger partial charge < -0.3 is 26.0 Å². The van der Waals surface area contributed by atoms with E-state index in [2.05, 4.69) is 46.9 Å². The van der Waals surface area contributed by atoms with Crippen LogP contribution in [0.5, 0.6) is 0 Å². The molecule has 12 heteroatoms. The van der Waals surface area contributed by atoms with Crippen molar-refractivity contribution in [2.45, 2.75) is 51.9 Å². The van der Waals surface area contributed by atoms with E-state index in [1.807, 2.05) is 37.3 Å². The van der Waals surface area contributed by atoms with Gasteiger partial charge in [0.1, 0.15) is 0 Å². The Labute approximate surface area is 230 Å². The fourth-order valence-corrected chi connectivity index (χ4v) is 4.46. The molecule has 4 rings (SSSR count). The van der Waals surface area contributed by atoms with Crippen LogP contribution in [0.25, 0.3) is 0 Å². The number of carbonyl (C=O) groups excluding carboxylic acids is 2. The van der Waals surface area contributed by atoms with Crippen molar-refractivity contribution in [3.8, 4) is 0 Å². The molecule has 1 saturated heterocycles. The van der Waals surface area contributed by atoms with Crippen LogP contribution in [0, 0.1) is 12.8 Å². The third-order valence-corrected chi connectivity index (χ3v) is 6.35. The Bertz CT molecular complexity index is 1240. The molecule has 40 heavy (non-hydrogen) atoms. The summed E-state index contributed by atoms with van der Waals surface area (Å²) in [6.45, 7) is 8.72. The van der Waals surface area contributed by atoms with Gasteiger partial charge in [-0.3, -0.25) is 9.79 Å². The largest absolute Gasteiger partial charge is 0.490 e. The van der Waals surface area contributed by atoms with Gasteiger partial charge in [0, 0.05) is 24.0 Å². The number of carboxylic acids is 1. The van der Waals surface area contributed by atoms with Gasteiger partial charge in [-0.1, -0.05) is 38.1 Å². The van der Waals surface area contributed by atoms with E-state index in [-0.39, 0.29) is 11.8 Å². The number of hydrogen-bond acceptors (Lipinski definition) is 5. The van der Waals surface area contributed by atoms with Gasteiger partial charge >= 0.3 is 18.2 Å². The molecule has 0 aromatic heterocycles. The summed E-state index contributed by atoms with van der Waals surface area (Å²) in [6.07, 6.45) is -2.18. The zero-order valence-electron chi connectivity index (χ0n) is 22.6. The number of rotatable bonds is 5. The van der Waals surface area contributed by atoms with Crippen molar-refractivity contribution in [3.63, 3.8) is 0 Å². The van der Waals surface area contributed by atoms with E-state index in [1.54, 1.807) is 11.1 Å². The second kappa shape index (κ2) is 13.4. The SMILES string of the molecule is Cc1cccc(NC(=O)NC2N=Cc3ccc(C4CCNCC4)cc3N(CC(C)C)C2=O)c1.O=C(O)C(F)(F)F. The van der Waals surface area contributed by atoms with Crippen LogP contribution in [0.1, 0.15) is 49.3 Å². The van der Waals surface area contributed by atoms with Gasteiger partial charge in [0.15, 0.2) is 0 Å². The number of amides is 3. The molecule has 4 N–H and O–H groups in total. The molecule has 2 aliphatic heterocycles. The number of carboxylic acid groups (broad SMARTS) is 1. The summed E-state index contributed by atoms with van der Waals surface area (Å²) in [5.41, 5.74) is 4.74. The standard InChI is InChI=1S/C26H33N5O2.C2HF3O2/c1-17(2)16-31-23-14-20(19-9-11-27-12-10-19)7-8-21(23)15-28-24(25(31)32)30-26(33)29-22-6-4-5-18(3)13-22;3-2(4,5)1(6)7/h4-8,13-15,17,19,24,27H,9-12,16H2,1-3H3,(H2,29,30,33);(H,6,7). The number of benzodiazepines with no additional fused rings is 1. The third-order valence-electron chi connectivity index (χ3n) is 6.35. The molecule has 0 bridgehead atoms. The molecule has 0 radical (unpaired) electrons. The van der Waals surface area contributed by atoms with Crippen molar-refractivity contribution in [3.05, 3.63) is 59.2 Å². The molecule has 216 valence electrons. The number of aryl methyl sites for hydroxylation is 1. The Kier molecular flexibility index (Phi) is 10.3. The molecule has 2 aromatic rings. The summed E-state index contributed by atoms with van der Waals surface area (Å²) in [4.78, 5) is 41.3. The van der Waals surface area contributed by atoms with E-state index in [4.69, 9.17) is 9.90 Å². The Balaban J connectivity index is 0.000000559. The van der Waals surface area contributed by atoms with Crippen molar-refractivity contribution in [2.75, 3.05) is 29.9 Å². The molecule has 0 spiro atoms. The average molecular weight is 562 g/mol. The minimum Gasteiger partial charge on any atom is -0.475 e. The molecular formula is C28H34F3N5O4. The maximum absolute atomic E-state index is 13.5. The highest BCUT2D eigenvalue weighted by atomic mass is 19.4. The van der Waals surface area contributed by atoms with Gasteiger partial charge in [0.25, 0.3) is 5.91 Å². The quantitative estimate of drug-likeness (QED) is 0.423. The molecule has 1 fully saturated rings. The summed E-state index contributed by atoms with van der Waals surface area (Å²) in [5, 5.41) is 16.1. The van der Waals surface area contributed by atoms with Crippen LogP contribution in [0.15, 0.2) is 47.5 Å². The number of benzene rings is 2. The zero-order chi connectivity index (χ0) is 29.4.